The van der Waals surface area contributed by atoms with Gasteiger partial charge in [-0.3, -0.25) is 23.7 Å². The van der Waals surface area contributed by atoms with Crippen molar-refractivity contribution in [1.82, 2.24) is 4.57 Å². The first-order valence-corrected chi connectivity index (χ1v) is 14.4. The smallest absolute Gasteiger partial charge is 0.308 e. The normalized spacial score (nSPS) is 19.9. The van der Waals surface area contributed by atoms with Crippen molar-refractivity contribution in [1.29, 1.82) is 0 Å². The molecule has 3 heterocycles. The number of nitrogens with zero attached hydrogens (tertiary/aromatic N) is 2. The molecule has 4 aromatic rings. The minimum absolute atomic E-state index is 0.280. The van der Waals surface area contributed by atoms with E-state index in [2.05, 4.69) is 5.32 Å². The molecule has 0 bridgehead atoms. The molecule has 1 N–H and O–H groups in total. The average molecular weight is 594 g/mol. The number of anilines is 2. The number of aryl methyl sites for hydroxylation is 1. The van der Waals surface area contributed by atoms with E-state index < -0.39 is 34.7 Å². The summed E-state index contributed by atoms with van der Waals surface area (Å²) >= 11 is 7.99. The van der Waals surface area contributed by atoms with Gasteiger partial charge in [-0.2, -0.15) is 0 Å². The molecule has 0 radical (unpaired) electrons. The van der Waals surface area contributed by atoms with Crippen molar-refractivity contribution in [2.24, 2.45) is 5.92 Å². The molecule has 3 unspecified atom stereocenters. The van der Waals surface area contributed by atoms with E-state index in [0.29, 0.717) is 31.9 Å². The number of nitrogens with one attached hydrogen (secondary N) is 1. The van der Waals surface area contributed by atoms with E-state index in [1.807, 2.05) is 19.1 Å². The first kappa shape index (κ1) is 26.5. The van der Waals surface area contributed by atoms with Crippen molar-refractivity contribution >= 4 is 63.8 Å². The van der Waals surface area contributed by atoms with Crippen LogP contribution in [0.25, 0.3) is 0 Å². The zero-order valence-corrected chi connectivity index (χ0v) is 23.4. The molecule has 3 amide bonds. The summed E-state index contributed by atoms with van der Waals surface area (Å²) in [5.41, 5.74) is 2.59. The van der Waals surface area contributed by atoms with Gasteiger partial charge in [0.1, 0.15) is 17.6 Å². The number of hydrogen-bond acceptors (Lipinski definition) is 6. The fraction of sp³-hybridized carbons (Fsp3) is 0.172. The predicted octanol–water partition coefficient (Wildman–Crippen LogP) is 5.45. The highest BCUT2D eigenvalue weighted by atomic mass is 35.5. The number of aromatic nitrogens is 1. The molecular formula is C29H21ClFN3O4S2. The Kier molecular flexibility index (Phi) is 6.85. The Hall–Kier alpha value is -3.73. The molecule has 1 saturated heterocycles. The van der Waals surface area contributed by atoms with E-state index in [-0.39, 0.29) is 17.3 Å². The van der Waals surface area contributed by atoms with Gasteiger partial charge in [0.05, 0.1) is 16.6 Å². The van der Waals surface area contributed by atoms with E-state index in [0.717, 1.165) is 28.7 Å². The quantitative estimate of drug-likeness (QED) is 0.311. The van der Waals surface area contributed by atoms with Gasteiger partial charge in [0.2, 0.25) is 17.7 Å². The largest absolute Gasteiger partial charge is 0.325 e. The van der Waals surface area contributed by atoms with Crippen LogP contribution in [0.4, 0.5) is 15.8 Å². The van der Waals surface area contributed by atoms with Crippen LogP contribution >= 0.6 is 34.7 Å². The summed E-state index contributed by atoms with van der Waals surface area (Å²) in [6.07, 6.45) is 0. The zero-order valence-electron chi connectivity index (χ0n) is 21.0. The van der Waals surface area contributed by atoms with E-state index >= 15 is 0 Å². The molecule has 2 aliphatic heterocycles. The van der Waals surface area contributed by atoms with Gasteiger partial charge in [-0.05, 0) is 61.0 Å². The lowest BCUT2D eigenvalue weighted by atomic mass is 9.83. The summed E-state index contributed by atoms with van der Waals surface area (Å²) in [7, 11) is 0. The number of imide groups is 1. The second-order valence-corrected chi connectivity index (χ2v) is 12.2. The topological polar surface area (TPSA) is 88.5 Å². The van der Waals surface area contributed by atoms with Crippen LogP contribution in [-0.4, -0.2) is 27.5 Å². The molecular weight excluding hydrogens is 573 g/mol. The van der Waals surface area contributed by atoms with Crippen molar-refractivity contribution in [2.75, 3.05) is 10.2 Å². The standard InChI is InChI=1S/C29H21ClFN3O4S2/c1-15-2-12-20(13-3-15)34-26(36)23-22(16-4-8-18(31)9-5-16)25-28(39-24(23)27(34)37)33(29(38)40-25)14-21(35)32-19-10-6-17(30)7-11-19/h2-13,22-24H,14H2,1H3,(H,32,35). The molecule has 202 valence electrons. The highest BCUT2D eigenvalue weighted by Gasteiger charge is 2.56. The van der Waals surface area contributed by atoms with E-state index in [1.165, 1.54) is 21.6 Å². The van der Waals surface area contributed by atoms with Crippen LogP contribution in [-0.2, 0) is 20.9 Å². The summed E-state index contributed by atoms with van der Waals surface area (Å²) in [6, 6.07) is 19.4. The number of carbonyl (C=O) groups is 3. The predicted molar refractivity (Wildman–Crippen MR) is 154 cm³/mol. The molecule has 7 nitrogen and oxygen atoms in total. The molecule has 2 aliphatic rings. The molecule has 3 atom stereocenters. The number of thioether (sulfide) groups is 1. The minimum atomic E-state index is -0.823. The van der Waals surface area contributed by atoms with Crippen LogP contribution in [0, 0.1) is 18.7 Å². The van der Waals surface area contributed by atoms with Gasteiger partial charge in [0.25, 0.3) is 0 Å². The van der Waals surface area contributed by atoms with Gasteiger partial charge >= 0.3 is 4.87 Å². The van der Waals surface area contributed by atoms with Crippen molar-refractivity contribution < 1.29 is 18.8 Å². The van der Waals surface area contributed by atoms with Crippen molar-refractivity contribution in [3.8, 4) is 0 Å². The fourth-order valence-electron chi connectivity index (χ4n) is 5.11. The van der Waals surface area contributed by atoms with Gasteiger partial charge in [-0.15, -0.1) is 0 Å². The summed E-state index contributed by atoms with van der Waals surface area (Å²) in [6.45, 7) is 1.63. The van der Waals surface area contributed by atoms with Crippen molar-refractivity contribution in [2.45, 2.75) is 29.7 Å². The number of rotatable bonds is 5. The minimum Gasteiger partial charge on any atom is -0.325 e. The van der Waals surface area contributed by atoms with E-state index in [9.17, 15) is 23.6 Å². The van der Waals surface area contributed by atoms with Crippen LogP contribution in [0.15, 0.2) is 82.6 Å². The Morgan fingerprint density at radius 2 is 1.62 bits per heavy atom. The highest BCUT2D eigenvalue weighted by molar-refractivity contribution is 8.00. The second-order valence-electron chi connectivity index (χ2n) is 9.62. The van der Waals surface area contributed by atoms with Crippen LogP contribution in [0.3, 0.4) is 0 Å². The molecule has 1 aromatic heterocycles. The lowest BCUT2D eigenvalue weighted by Gasteiger charge is -2.30. The SMILES string of the molecule is Cc1ccc(N2C(=O)C3Sc4c(sc(=O)n4CC(=O)Nc4ccc(Cl)cc4)C(c4ccc(F)cc4)C3C2=O)cc1. The molecule has 6 rings (SSSR count). The van der Waals surface area contributed by atoms with Gasteiger partial charge in [0.15, 0.2) is 0 Å². The maximum Gasteiger partial charge on any atom is 0.308 e. The third kappa shape index (κ3) is 4.66. The molecule has 1 fully saturated rings. The zero-order chi connectivity index (χ0) is 28.1. The molecule has 0 saturated carbocycles. The summed E-state index contributed by atoms with van der Waals surface area (Å²) in [5, 5.41) is 2.91. The Bertz CT molecular complexity index is 1700. The molecule has 40 heavy (non-hydrogen) atoms. The van der Waals surface area contributed by atoms with E-state index in [4.69, 9.17) is 11.6 Å². The van der Waals surface area contributed by atoms with Crippen LogP contribution in [0.2, 0.25) is 5.02 Å². The van der Waals surface area contributed by atoms with Gasteiger partial charge in [0, 0.05) is 21.5 Å². The van der Waals surface area contributed by atoms with Crippen LogP contribution < -0.4 is 15.1 Å². The van der Waals surface area contributed by atoms with E-state index in [1.54, 1.807) is 48.5 Å². The number of carbonyl (C=O) groups excluding carboxylic acids is 3. The third-order valence-corrected chi connectivity index (χ3v) is 9.86. The summed E-state index contributed by atoms with van der Waals surface area (Å²) < 4.78 is 15.2. The number of hydrogen-bond donors (Lipinski definition) is 1. The Morgan fingerprint density at radius 3 is 2.30 bits per heavy atom. The molecule has 11 heteroatoms. The lowest BCUT2D eigenvalue weighted by Crippen LogP contribution is -2.33. The molecule has 3 aromatic carbocycles. The second kappa shape index (κ2) is 10.3. The fourth-order valence-corrected chi connectivity index (χ4v) is 8.01. The highest BCUT2D eigenvalue weighted by Crippen LogP contribution is 2.53. The Balaban J connectivity index is 1.40. The Labute approximate surface area is 241 Å². The van der Waals surface area contributed by atoms with Crippen LogP contribution in [0.1, 0.15) is 21.9 Å². The first-order valence-electron chi connectivity index (χ1n) is 12.4. The van der Waals surface area contributed by atoms with Crippen LogP contribution in [0.5, 0.6) is 0 Å². The monoisotopic (exact) mass is 593 g/mol. The molecule has 0 spiro atoms. The molecule has 0 aliphatic carbocycles. The average Bonchev–Trinajstić information content (AvgIpc) is 3.37. The Morgan fingerprint density at radius 1 is 0.950 bits per heavy atom. The van der Waals surface area contributed by atoms with Crippen molar-refractivity contribution in [3.63, 3.8) is 0 Å². The van der Waals surface area contributed by atoms with Gasteiger partial charge in [-0.1, -0.05) is 64.5 Å². The summed E-state index contributed by atoms with van der Waals surface area (Å²) in [5.74, 6) is -3.10. The number of halogens is 2. The first-order chi connectivity index (χ1) is 19.2. The van der Waals surface area contributed by atoms with Gasteiger partial charge in [-0.25, -0.2) is 9.29 Å². The summed E-state index contributed by atoms with van der Waals surface area (Å²) in [4.78, 5) is 55.1. The van der Waals surface area contributed by atoms with Gasteiger partial charge < -0.3 is 5.32 Å². The number of fused-ring (bicyclic) bond motifs is 2. The van der Waals surface area contributed by atoms with Crippen molar-refractivity contribution in [3.05, 3.63) is 109 Å². The maximum atomic E-state index is 13.9. The number of benzene rings is 3. The third-order valence-electron chi connectivity index (χ3n) is 7.00. The maximum absolute atomic E-state index is 13.9. The lowest BCUT2D eigenvalue weighted by molar-refractivity contribution is -0.122. The number of thiazole rings is 1. The number of amides is 3.